The number of carbonyl (C=O) groups is 1. The topological polar surface area (TPSA) is 58.7 Å². The van der Waals surface area contributed by atoms with Crippen molar-refractivity contribution in [2.24, 2.45) is 0 Å². The summed E-state index contributed by atoms with van der Waals surface area (Å²) in [6.07, 6.45) is 4.04. The quantitative estimate of drug-likeness (QED) is 0.450. The number of hydrogen-bond donors (Lipinski definition) is 0. The number of hydrogen-bond acceptors (Lipinski definition) is 4. The summed E-state index contributed by atoms with van der Waals surface area (Å²) in [4.78, 5) is 22.0. The molecule has 3 aromatic heterocycles. The van der Waals surface area contributed by atoms with Gasteiger partial charge in [-0.1, -0.05) is 29.8 Å². The molecule has 33 heavy (non-hydrogen) atoms. The minimum absolute atomic E-state index is 0.102. The zero-order valence-corrected chi connectivity index (χ0v) is 19.0. The van der Waals surface area contributed by atoms with Crippen molar-refractivity contribution >= 4 is 23.2 Å². The first kappa shape index (κ1) is 21.6. The van der Waals surface area contributed by atoms with E-state index < -0.39 is 0 Å². The number of piperazine rings is 1. The summed E-state index contributed by atoms with van der Waals surface area (Å²) in [7, 11) is 0. The highest BCUT2D eigenvalue weighted by Crippen LogP contribution is 2.23. The molecule has 1 aliphatic rings. The number of aromatic nitrogens is 4. The summed E-state index contributed by atoms with van der Waals surface area (Å²) >= 11 is 6.56. The number of benzene rings is 1. The van der Waals surface area contributed by atoms with E-state index in [1.165, 1.54) is 12.1 Å². The minimum atomic E-state index is -0.294. The Morgan fingerprint density at radius 3 is 2.55 bits per heavy atom. The lowest BCUT2D eigenvalue weighted by atomic mass is 10.2. The number of amides is 1. The molecular weight excluding hydrogens is 443 g/mol. The van der Waals surface area contributed by atoms with Crippen LogP contribution in [0.2, 0.25) is 5.15 Å². The van der Waals surface area contributed by atoms with Crippen LogP contribution in [0, 0.1) is 12.7 Å². The second-order valence-corrected chi connectivity index (χ2v) is 8.66. The van der Waals surface area contributed by atoms with Gasteiger partial charge >= 0.3 is 0 Å². The molecular formula is C24H24ClFN6O. The third kappa shape index (κ3) is 4.49. The van der Waals surface area contributed by atoms with Crippen molar-refractivity contribution in [2.45, 2.75) is 20.0 Å². The largest absolute Gasteiger partial charge is 0.336 e. The van der Waals surface area contributed by atoms with Gasteiger partial charge in [0.2, 0.25) is 0 Å². The lowest BCUT2D eigenvalue weighted by Gasteiger charge is -2.34. The van der Waals surface area contributed by atoms with Crippen LogP contribution in [0.15, 0.2) is 54.9 Å². The molecule has 0 saturated carbocycles. The molecule has 1 aromatic carbocycles. The fraction of sp³-hybridized carbons (Fsp3) is 0.292. The summed E-state index contributed by atoms with van der Waals surface area (Å²) in [5, 5.41) is 4.77. The van der Waals surface area contributed by atoms with Crippen LogP contribution in [0.25, 0.3) is 5.65 Å². The standard InChI is InChI=1S/C24H24ClFN6O/c1-17-22(23(25)32(28-17)14-18-5-7-19(26)8-6-18)24(33)30-12-10-29(11-13-30)15-20-16-31-9-3-2-4-21(31)27-20/h2-9,16H,10-15H2,1H3. The molecule has 9 heteroatoms. The molecule has 7 nitrogen and oxygen atoms in total. The van der Waals surface area contributed by atoms with Gasteiger partial charge in [0.15, 0.2) is 0 Å². The number of rotatable bonds is 5. The lowest BCUT2D eigenvalue weighted by Crippen LogP contribution is -2.48. The monoisotopic (exact) mass is 466 g/mol. The van der Waals surface area contributed by atoms with Gasteiger partial charge in [-0.05, 0) is 36.8 Å². The Hall–Kier alpha value is -3.23. The van der Waals surface area contributed by atoms with Crippen molar-refractivity contribution in [3.63, 3.8) is 0 Å². The molecule has 0 aliphatic carbocycles. The van der Waals surface area contributed by atoms with Crippen molar-refractivity contribution in [2.75, 3.05) is 26.2 Å². The van der Waals surface area contributed by atoms with Gasteiger partial charge < -0.3 is 9.30 Å². The molecule has 0 spiro atoms. The lowest BCUT2D eigenvalue weighted by molar-refractivity contribution is 0.0626. The van der Waals surface area contributed by atoms with Crippen molar-refractivity contribution in [3.8, 4) is 0 Å². The average Bonchev–Trinajstić information content (AvgIpc) is 3.34. The number of carbonyl (C=O) groups excluding carboxylic acids is 1. The van der Waals surface area contributed by atoms with Crippen LogP contribution in [0.4, 0.5) is 4.39 Å². The first-order valence-electron chi connectivity index (χ1n) is 10.9. The van der Waals surface area contributed by atoms with Gasteiger partial charge in [0.05, 0.1) is 23.5 Å². The summed E-state index contributed by atoms with van der Waals surface area (Å²) in [6, 6.07) is 12.1. The van der Waals surface area contributed by atoms with Crippen LogP contribution in [0.5, 0.6) is 0 Å². The zero-order valence-electron chi connectivity index (χ0n) is 18.3. The highest BCUT2D eigenvalue weighted by Gasteiger charge is 2.28. The van der Waals surface area contributed by atoms with Crippen LogP contribution >= 0.6 is 11.6 Å². The molecule has 0 unspecified atom stereocenters. The summed E-state index contributed by atoms with van der Waals surface area (Å²) < 4.78 is 16.8. The number of aryl methyl sites for hydroxylation is 1. The Morgan fingerprint density at radius 2 is 1.82 bits per heavy atom. The Kier molecular flexibility index (Phi) is 5.86. The van der Waals surface area contributed by atoms with Crippen LogP contribution in [0.1, 0.15) is 27.3 Å². The first-order valence-corrected chi connectivity index (χ1v) is 11.3. The molecule has 1 aliphatic heterocycles. The van der Waals surface area contributed by atoms with E-state index in [2.05, 4.69) is 15.0 Å². The normalized spacial score (nSPS) is 14.8. The third-order valence-electron chi connectivity index (χ3n) is 5.98. The molecule has 1 saturated heterocycles. The molecule has 1 fully saturated rings. The number of pyridine rings is 1. The predicted octanol–water partition coefficient (Wildman–Crippen LogP) is 3.64. The maximum Gasteiger partial charge on any atom is 0.258 e. The second kappa shape index (κ2) is 8.96. The van der Waals surface area contributed by atoms with Gasteiger partial charge in [0.25, 0.3) is 5.91 Å². The molecule has 4 heterocycles. The number of imidazole rings is 1. The number of fused-ring (bicyclic) bond motifs is 1. The van der Waals surface area contributed by atoms with Gasteiger partial charge in [0, 0.05) is 45.1 Å². The first-order chi connectivity index (χ1) is 16.0. The molecule has 0 bridgehead atoms. The van der Waals surface area contributed by atoms with Gasteiger partial charge in [-0.15, -0.1) is 0 Å². The Bertz CT molecular complexity index is 1260. The molecule has 4 aromatic rings. The van der Waals surface area contributed by atoms with E-state index in [1.54, 1.807) is 23.7 Å². The fourth-order valence-corrected chi connectivity index (χ4v) is 4.54. The summed E-state index contributed by atoms with van der Waals surface area (Å²) in [6.45, 7) is 5.68. The van der Waals surface area contributed by atoms with E-state index >= 15 is 0 Å². The maximum absolute atomic E-state index is 13.2. The fourth-order valence-electron chi connectivity index (χ4n) is 4.22. The van der Waals surface area contributed by atoms with E-state index in [4.69, 9.17) is 11.6 Å². The van der Waals surface area contributed by atoms with E-state index in [9.17, 15) is 9.18 Å². The predicted molar refractivity (Wildman–Crippen MR) is 124 cm³/mol. The molecule has 1 amide bonds. The Balaban J connectivity index is 1.23. The number of halogens is 2. The second-order valence-electron chi connectivity index (χ2n) is 8.30. The van der Waals surface area contributed by atoms with Crippen LogP contribution < -0.4 is 0 Å². The van der Waals surface area contributed by atoms with Gasteiger partial charge in [-0.25, -0.2) is 14.1 Å². The average molecular weight is 467 g/mol. The van der Waals surface area contributed by atoms with Gasteiger partial charge in [0.1, 0.15) is 16.6 Å². The smallest absolute Gasteiger partial charge is 0.258 e. The van der Waals surface area contributed by atoms with E-state index in [1.807, 2.05) is 39.9 Å². The maximum atomic E-state index is 13.2. The van der Waals surface area contributed by atoms with Gasteiger partial charge in [-0.2, -0.15) is 5.10 Å². The van der Waals surface area contributed by atoms with Crippen molar-refractivity contribution < 1.29 is 9.18 Å². The van der Waals surface area contributed by atoms with Crippen LogP contribution in [-0.4, -0.2) is 61.1 Å². The Morgan fingerprint density at radius 1 is 1.06 bits per heavy atom. The van der Waals surface area contributed by atoms with Gasteiger partial charge in [-0.3, -0.25) is 9.69 Å². The number of nitrogens with zero attached hydrogens (tertiary/aromatic N) is 6. The molecule has 0 atom stereocenters. The molecule has 5 rings (SSSR count). The van der Waals surface area contributed by atoms with Crippen LogP contribution in [-0.2, 0) is 13.1 Å². The summed E-state index contributed by atoms with van der Waals surface area (Å²) in [5.41, 5.74) is 3.85. The van der Waals surface area contributed by atoms with Crippen molar-refractivity contribution in [1.82, 2.24) is 29.0 Å². The highest BCUT2D eigenvalue weighted by atomic mass is 35.5. The minimum Gasteiger partial charge on any atom is -0.336 e. The third-order valence-corrected chi connectivity index (χ3v) is 6.37. The molecule has 0 radical (unpaired) electrons. The van der Waals surface area contributed by atoms with Crippen molar-refractivity contribution in [1.29, 1.82) is 0 Å². The van der Waals surface area contributed by atoms with Crippen molar-refractivity contribution in [3.05, 3.63) is 88.3 Å². The summed E-state index contributed by atoms with van der Waals surface area (Å²) in [5.74, 6) is -0.395. The highest BCUT2D eigenvalue weighted by molar-refractivity contribution is 6.33. The molecule has 0 N–H and O–H groups in total. The zero-order chi connectivity index (χ0) is 22.9. The van der Waals surface area contributed by atoms with Crippen LogP contribution in [0.3, 0.4) is 0 Å². The van der Waals surface area contributed by atoms with E-state index in [-0.39, 0.29) is 11.7 Å². The Labute approximate surface area is 196 Å². The molecule has 170 valence electrons. The van der Waals surface area contributed by atoms with E-state index in [0.717, 1.165) is 36.5 Å². The SMILES string of the molecule is Cc1nn(Cc2ccc(F)cc2)c(Cl)c1C(=O)N1CCN(Cc2cn3ccccc3n2)CC1. The van der Waals surface area contributed by atoms with E-state index in [0.29, 0.717) is 36.0 Å².